The fraction of sp³-hybridized carbons (Fsp3) is 0.0769. The van der Waals surface area contributed by atoms with Gasteiger partial charge in [-0.05, 0) is 167 Å². The largest absolute Gasteiger partial charge is 0.494 e. The monoisotopic (exact) mass is 1210 g/mol. The van der Waals surface area contributed by atoms with Gasteiger partial charge in [0.25, 0.3) is 0 Å². The van der Waals surface area contributed by atoms with Crippen molar-refractivity contribution in [3.8, 4) is 79.8 Å². The average molecular weight is 1220 g/mol. The van der Waals surface area contributed by atoms with Gasteiger partial charge in [-0.2, -0.15) is 9.97 Å². The van der Waals surface area contributed by atoms with Crippen molar-refractivity contribution in [2.24, 2.45) is 0 Å². The van der Waals surface area contributed by atoms with Crippen LogP contribution in [-0.2, 0) is 9.31 Å². The van der Waals surface area contributed by atoms with Crippen molar-refractivity contribution in [2.45, 2.75) is 38.9 Å². The summed E-state index contributed by atoms with van der Waals surface area (Å²) in [6, 6.07) is 89.5. The van der Waals surface area contributed by atoms with E-state index >= 15 is 0 Å². The second-order valence-electron chi connectivity index (χ2n) is 23.6. The zero-order chi connectivity index (χ0) is 62.3. The van der Waals surface area contributed by atoms with Gasteiger partial charge in [0.15, 0.2) is 40.3 Å². The van der Waals surface area contributed by atoms with Crippen LogP contribution in [-0.4, -0.2) is 58.2 Å². The Morgan fingerprint density at radius 1 is 0.283 bits per heavy atom. The van der Waals surface area contributed by atoms with Crippen LogP contribution in [0.5, 0.6) is 0 Å². The van der Waals surface area contributed by atoms with Gasteiger partial charge in [0.1, 0.15) is 11.0 Å². The van der Waals surface area contributed by atoms with Crippen molar-refractivity contribution in [1.29, 1.82) is 0 Å². The smallest absolute Gasteiger partial charge is 0.436 e. The molecular weight excluding hydrogens is 1160 g/mol. The average Bonchev–Trinajstić information content (AvgIpc) is 1.56. The van der Waals surface area contributed by atoms with Gasteiger partial charge in [-0.15, -0.1) is 0 Å². The third-order valence-electron chi connectivity index (χ3n) is 16.9. The van der Waals surface area contributed by atoms with E-state index < -0.39 is 7.12 Å². The third kappa shape index (κ3) is 11.8. The van der Waals surface area contributed by atoms with Crippen LogP contribution < -0.4 is 5.46 Å². The van der Waals surface area contributed by atoms with Crippen LogP contribution in [0, 0.1) is 0 Å². The minimum Gasteiger partial charge on any atom is -0.436 e. The van der Waals surface area contributed by atoms with E-state index in [1.54, 1.807) is 0 Å². The number of benzene rings is 12. The summed E-state index contributed by atoms with van der Waals surface area (Å²) in [6.45, 7) is 8.20. The van der Waals surface area contributed by atoms with Gasteiger partial charge in [0, 0.05) is 38.9 Å². The van der Waals surface area contributed by atoms with E-state index in [0.29, 0.717) is 46.5 Å². The summed E-state index contributed by atoms with van der Waals surface area (Å²) in [5.41, 5.74) is 9.68. The molecule has 0 atom stereocenters. The molecule has 92 heavy (non-hydrogen) atoms. The molecule has 0 N–H and O–H groups in total. The van der Waals surface area contributed by atoms with Crippen LogP contribution in [0.25, 0.3) is 145 Å². The van der Waals surface area contributed by atoms with Crippen molar-refractivity contribution in [1.82, 2.24) is 39.9 Å². The number of hydrogen-bond donors (Lipinski definition) is 0. The molecule has 1 saturated heterocycles. The van der Waals surface area contributed by atoms with Gasteiger partial charge in [-0.1, -0.05) is 188 Å². The minimum absolute atomic E-state index is 0.191. The fourth-order valence-electron chi connectivity index (χ4n) is 11.2. The molecule has 1 aliphatic heterocycles. The first-order chi connectivity index (χ1) is 44.9. The summed E-state index contributed by atoms with van der Waals surface area (Å²) >= 11 is 6.22. The molecule has 1 fully saturated rings. The molecule has 0 radical (unpaired) electrons. The van der Waals surface area contributed by atoms with Gasteiger partial charge in [-0.3, -0.25) is 0 Å². The highest BCUT2D eigenvalue weighted by Gasteiger charge is 2.51. The maximum absolute atomic E-state index is 6.22. The van der Waals surface area contributed by atoms with Gasteiger partial charge in [-0.25, -0.2) is 29.9 Å². The maximum atomic E-state index is 6.22. The Labute approximate surface area is 535 Å². The van der Waals surface area contributed by atoms with Gasteiger partial charge in [0.05, 0.1) is 11.2 Å². The molecule has 12 aromatic carbocycles. The van der Waals surface area contributed by atoms with Crippen LogP contribution in [0.1, 0.15) is 27.7 Å². The standard InChI is InChI=1S/C36H22N4O.C23H14ClN3.C19H20BNO3/c1-2-10-25(11-3-1)36-37-31-19-18-30(22-32(31)41-36)35-39-33(28-16-14-23-8-4-6-12-26(23)20-28)38-34(40-35)29-17-15-24-9-5-7-13-27(24)21-29;24-23-26-21(19-11-9-15-5-1-3-7-17(15)13-19)25-22(27-23)20-12-10-16-6-2-4-8-18(16)14-20;1-18(2)19(3,4)24-20(23-18)14-10-11-15-16(12-14)22-17(21-15)13-8-6-5-7-9-13/h1-22H;1-14H;5-12H,1-4H3. The first-order valence-electron chi connectivity index (χ1n) is 30.3. The van der Waals surface area contributed by atoms with Crippen molar-refractivity contribution >= 4 is 89.5 Å². The molecule has 0 bridgehead atoms. The quantitative estimate of drug-likeness (QED) is 0.133. The topological polar surface area (TPSA) is 148 Å². The molecule has 442 valence electrons. The van der Waals surface area contributed by atoms with Crippen molar-refractivity contribution < 1.29 is 18.1 Å². The summed E-state index contributed by atoms with van der Waals surface area (Å²) in [7, 11) is -0.398. The molecule has 14 heteroatoms. The van der Waals surface area contributed by atoms with Gasteiger partial charge < -0.3 is 18.1 Å². The highest BCUT2D eigenvalue weighted by Crippen LogP contribution is 2.38. The zero-order valence-electron chi connectivity index (χ0n) is 50.6. The Bertz CT molecular complexity index is 5220. The summed E-state index contributed by atoms with van der Waals surface area (Å²) in [4.78, 5) is 37.5. The molecule has 0 saturated carbocycles. The number of rotatable bonds is 8. The Morgan fingerprint density at radius 3 is 0.967 bits per heavy atom. The molecule has 12 nitrogen and oxygen atoms in total. The summed E-state index contributed by atoms with van der Waals surface area (Å²) in [6.07, 6.45) is 0. The predicted octanol–water partition coefficient (Wildman–Crippen LogP) is 18.9. The van der Waals surface area contributed by atoms with Gasteiger partial charge >= 0.3 is 7.12 Å². The lowest BCUT2D eigenvalue weighted by Crippen LogP contribution is -2.41. The number of nitrogens with zero attached hydrogens (tertiary/aromatic N) is 8. The van der Waals surface area contributed by atoms with E-state index in [1.807, 2.05) is 185 Å². The molecule has 5 heterocycles. The minimum atomic E-state index is -0.398. The highest BCUT2D eigenvalue weighted by atomic mass is 35.5. The van der Waals surface area contributed by atoms with Gasteiger partial charge in [0.2, 0.25) is 17.1 Å². The molecule has 17 rings (SSSR count). The molecule has 0 unspecified atom stereocenters. The first kappa shape index (κ1) is 57.4. The summed E-state index contributed by atoms with van der Waals surface area (Å²) in [5, 5.41) is 9.43. The number of halogens is 1. The highest BCUT2D eigenvalue weighted by molar-refractivity contribution is 6.62. The van der Waals surface area contributed by atoms with E-state index in [0.717, 1.165) is 82.6 Å². The van der Waals surface area contributed by atoms with Crippen LogP contribution in [0.2, 0.25) is 5.28 Å². The van der Waals surface area contributed by atoms with E-state index in [1.165, 1.54) is 21.5 Å². The number of hydrogen-bond acceptors (Lipinski definition) is 12. The lowest BCUT2D eigenvalue weighted by atomic mass is 9.79. The molecular formula is C78H56BClN8O4. The summed E-state index contributed by atoms with van der Waals surface area (Å²) < 4.78 is 24.3. The SMILES string of the molecule is CC1(C)OB(c2ccc3nc(-c4ccccc4)oc3c2)OC1(C)C.Clc1nc(-c2ccc3ccccc3c2)nc(-c2ccc3ccccc3c2)n1.c1ccc(-c2nc3ccc(-c4nc(-c5ccc6ccccc6c5)nc(-c5ccc6ccccc6c5)n4)cc3o2)cc1. The Balaban J connectivity index is 0.000000120. The molecule has 16 aromatic rings. The van der Waals surface area contributed by atoms with E-state index in [9.17, 15) is 0 Å². The van der Waals surface area contributed by atoms with Crippen LogP contribution in [0.15, 0.2) is 276 Å². The molecule has 1 aliphatic rings. The zero-order valence-corrected chi connectivity index (χ0v) is 51.3. The molecule has 0 aliphatic carbocycles. The van der Waals surface area contributed by atoms with Crippen molar-refractivity contribution in [2.75, 3.05) is 0 Å². The van der Waals surface area contributed by atoms with E-state index in [2.05, 4.69) is 134 Å². The molecule has 0 spiro atoms. The predicted molar refractivity (Wildman–Crippen MR) is 370 cm³/mol. The molecule has 4 aromatic heterocycles. The van der Waals surface area contributed by atoms with E-state index in [4.69, 9.17) is 44.7 Å². The Kier molecular flexibility index (Phi) is 15.0. The van der Waals surface area contributed by atoms with E-state index in [-0.39, 0.29) is 16.5 Å². The normalized spacial score (nSPS) is 13.3. The second kappa shape index (κ2) is 24.0. The summed E-state index contributed by atoms with van der Waals surface area (Å²) in [5.74, 6) is 4.16. The van der Waals surface area contributed by atoms with Crippen molar-refractivity contribution in [3.63, 3.8) is 0 Å². The fourth-order valence-corrected chi connectivity index (χ4v) is 11.4. The Hall–Kier alpha value is -11.1. The lowest BCUT2D eigenvalue weighted by Gasteiger charge is -2.32. The van der Waals surface area contributed by atoms with Crippen molar-refractivity contribution in [3.05, 3.63) is 272 Å². The molecule has 0 amide bonds. The van der Waals surface area contributed by atoms with Crippen LogP contribution in [0.4, 0.5) is 0 Å². The second-order valence-corrected chi connectivity index (χ2v) is 23.9. The number of fused-ring (bicyclic) bond motifs is 6. The third-order valence-corrected chi connectivity index (χ3v) is 17.1. The first-order valence-corrected chi connectivity index (χ1v) is 30.7. The van der Waals surface area contributed by atoms with Crippen LogP contribution in [0.3, 0.4) is 0 Å². The Morgan fingerprint density at radius 2 is 0.587 bits per heavy atom. The lowest BCUT2D eigenvalue weighted by molar-refractivity contribution is 0.00578. The number of aromatic nitrogens is 8. The number of oxazole rings is 2. The maximum Gasteiger partial charge on any atom is 0.494 e. The van der Waals surface area contributed by atoms with Crippen LogP contribution >= 0.6 is 11.6 Å².